The Kier molecular flexibility index (Phi) is 7.22. The van der Waals surface area contributed by atoms with Crippen molar-refractivity contribution in [2.45, 2.75) is 31.7 Å². The van der Waals surface area contributed by atoms with Gasteiger partial charge in [0.15, 0.2) is 0 Å². The van der Waals surface area contributed by atoms with Crippen molar-refractivity contribution in [3.8, 4) is 5.75 Å². The molecule has 4 rings (SSSR count). The van der Waals surface area contributed by atoms with Crippen LogP contribution in [0.25, 0.3) is 0 Å². The number of hydrogen-bond acceptors (Lipinski definition) is 4. The van der Waals surface area contributed by atoms with E-state index in [1.54, 1.807) is 15.8 Å². The van der Waals surface area contributed by atoms with Gasteiger partial charge in [0.1, 0.15) is 17.4 Å². The summed E-state index contributed by atoms with van der Waals surface area (Å²) in [6.45, 7) is 0.822. The van der Waals surface area contributed by atoms with Crippen molar-refractivity contribution in [3.63, 3.8) is 0 Å². The minimum Gasteiger partial charge on any atom is -0.406 e. The summed E-state index contributed by atoms with van der Waals surface area (Å²) in [6, 6.07) is 7.49. The number of hydrogen-bond donors (Lipinski definition) is 1. The van der Waals surface area contributed by atoms with E-state index in [-0.39, 0.29) is 29.5 Å². The molecule has 3 aromatic rings. The van der Waals surface area contributed by atoms with Gasteiger partial charge in [-0.2, -0.15) is 5.10 Å². The SMILES string of the molecule is O=C(Nc1cnn(C2CCN(C(=O)Cc3cc(F)ccc3F)CC2)c1)c1ccc(OC(F)(F)F)cc1. The monoisotopic (exact) mass is 508 g/mol. The number of piperidine rings is 1. The van der Waals surface area contributed by atoms with Crippen molar-refractivity contribution in [2.24, 2.45) is 0 Å². The van der Waals surface area contributed by atoms with Gasteiger partial charge < -0.3 is 15.0 Å². The van der Waals surface area contributed by atoms with Crippen molar-refractivity contribution in [1.82, 2.24) is 14.7 Å². The molecule has 1 aliphatic heterocycles. The number of likely N-dealkylation sites (tertiary alicyclic amines) is 1. The molecule has 0 unspecified atom stereocenters. The Morgan fingerprint density at radius 2 is 1.75 bits per heavy atom. The fourth-order valence-corrected chi connectivity index (χ4v) is 3.95. The highest BCUT2D eigenvalue weighted by Gasteiger charge is 2.31. The molecule has 0 radical (unpaired) electrons. The molecule has 1 fully saturated rings. The molecule has 1 aromatic heterocycles. The molecule has 2 heterocycles. The zero-order valence-corrected chi connectivity index (χ0v) is 18.8. The molecule has 36 heavy (non-hydrogen) atoms. The number of amides is 2. The maximum Gasteiger partial charge on any atom is 0.573 e. The second-order valence-corrected chi connectivity index (χ2v) is 8.26. The van der Waals surface area contributed by atoms with Gasteiger partial charge >= 0.3 is 6.36 Å². The van der Waals surface area contributed by atoms with Crippen molar-refractivity contribution >= 4 is 17.5 Å². The first-order valence-electron chi connectivity index (χ1n) is 11.0. The van der Waals surface area contributed by atoms with E-state index in [1.807, 2.05) is 0 Å². The largest absolute Gasteiger partial charge is 0.573 e. The van der Waals surface area contributed by atoms with Crippen molar-refractivity contribution in [3.05, 3.63) is 77.6 Å². The van der Waals surface area contributed by atoms with Crippen LogP contribution in [-0.4, -0.2) is 45.9 Å². The molecule has 0 saturated carbocycles. The molecule has 2 aromatic carbocycles. The third-order valence-corrected chi connectivity index (χ3v) is 5.75. The Labute approximate surface area is 202 Å². The highest BCUT2D eigenvalue weighted by atomic mass is 19.4. The maximum atomic E-state index is 13.8. The summed E-state index contributed by atoms with van der Waals surface area (Å²) in [6.07, 6.45) is -0.816. The highest BCUT2D eigenvalue weighted by molar-refractivity contribution is 6.04. The van der Waals surface area contributed by atoms with Gasteiger partial charge in [0.2, 0.25) is 5.91 Å². The van der Waals surface area contributed by atoms with Gasteiger partial charge in [-0.05, 0) is 55.3 Å². The first-order chi connectivity index (χ1) is 17.1. The molecule has 190 valence electrons. The molecular weight excluding hydrogens is 487 g/mol. The number of aromatic nitrogens is 2. The van der Waals surface area contributed by atoms with Crippen molar-refractivity contribution in [2.75, 3.05) is 18.4 Å². The van der Waals surface area contributed by atoms with Crippen LogP contribution in [0, 0.1) is 11.6 Å². The lowest BCUT2D eigenvalue weighted by molar-refractivity contribution is -0.274. The molecule has 1 N–H and O–H groups in total. The molecule has 1 saturated heterocycles. The van der Waals surface area contributed by atoms with E-state index in [4.69, 9.17) is 0 Å². The smallest absolute Gasteiger partial charge is 0.406 e. The van der Waals surface area contributed by atoms with Gasteiger partial charge in [-0.1, -0.05) is 0 Å². The number of ether oxygens (including phenoxy) is 1. The predicted octanol–water partition coefficient (Wildman–Crippen LogP) is 4.72. The molecule has 0 atom stereocenters. The van der Waals surface area contributed by atoms with Gasteiger partial charge in [-0.25, -0.2) is 8.78 Å². The van der Waals surface area contributed by atoms with E-state index in [0.717, 1.165) is 30.3 Å². The molecule has 0 bridgehead atoms. The summed E-state index contributed by atoms with van der Waals surface area (Å²) < 4.78 is 69.4. The first-order valence-corrected chi connectivity index (χ1v) is 11.0. The standard InChI is InChI=1S/C24H21F5N4O3/c25-17-3-6-21(26)16(11-17)12-22(34)32-9-7-19(8-10-32)33-14-18(13-30-33)31-23(35)15-1-4-20(5-2-15)36-24(27,28)29/h1-6,11,13-14,19H,7-10,12H2,(H,31,35). The summed E-state index contributed by atoms with van der Waals surface area (Å²) in [7, 11) is 0. The van der Waals surface area contributed by atoms with E-state index < -0.39 is 29.7 Å². The fraction of sp³-hybridized carbons (Fsp3) is 0.292. The second kappa shape index (κ2) is 10.3. The first kappa shape index (κ1) is 25.1. The minimum atomic E-state index is -4.82. The highest BCUT2D eigenvalue weighted by Crippen LogP contribution is 2.25. The Morgan fingerprint density at radius 3 is 2.42 bits per heavy atom. The fourth-order valence-electron chi connectivity index (χ4n) is 3.95. The number of carbonyl (C=O) groups excluding carboxylic acids is 2. The maximum absolute atomic E-state index is 13.8. The lowest BCUT2D eigenvalue weighted by Crippen LogP contribution is -2.40. The Balaban J connectivity index is 1.29. The summed E-state index contributed by atoms with van der Waals surface area (Å²) in [5.74, 6) is -2.49. The average Bonchev–Trinajstić information content (AvgIpc) is 3.29. The predicted molar refractivity (Wildman–Crippen MR) is 118 cm³/mol. The topological polar surface area (TPSA) is 76.5 Å². The summed E-state index contributed by atoms with van der Waals surface area (Å²) in [5.41, 5.74) is 0.548. The Hall–Kier alpha value is -3.96. The van der Waals surface area contributed by atoms with E-state index >= 15 is 0 Å². The normalized spacial score (nSPS) is 14.5. The van der Waals surface area contributed by atoms with E-state index in [1.165, 1.54) is 18.3 Å². The minimum absolute atomic E-state index is 0.0112. The van der Waals surface area contributed by atoms with E-state index in [0.29, 0.717) is 31.6 Å². The summed E-state index contributed by atoms with van der Waals surface area (Å²) >= 11 is 0. The third-order valence-electron chi connectivity index (χ3n) is 5.75. The van der Waals surface area contributed by atoms with Crippen LogP contribution >= 0.6 is 0 Å². The van der Waals surface area contributed by atoms with Gasteiger partial charge in [0.25, 0.3) is 5.91 Å². The quantitative estimate of drug-likeness (QED) is 0.489. The van der Waals surface area contributed by atoms with Gasteiger partial charge in [-0.3, -0.25) is 14.3 Å². The zero-order chi connectivity index (χ0) is 25.9. The number of nitrogens with one attached hydrogen (secondary N) is 1. The number of halogens is 5. The van der Waals surface area contributed by atoms with Gasteiger partial charge in [0, 0.05) is 30.4 Å². The molecule has 1 aliphatic rings. The van der Waals surface area contributed by atoms with E-state index in [2.05, 4.69) is 15.2 Å². The molecule has 12 heteroatoms. The average molecular weight is 508 g/mol. The number of alkyl halides is 3. The van der Waals surface area contributed by atoms with Gasteiger partial charge in [0.05, 0.1) is 24.3 Å². The Morgan fingerprint density at radius 1 is 1.06 bits per heavy atom. The second-order valence-electron chi connectivity index (χ2n) is 8.26. The Bertz CT molecular complexity index is 1240. The molecule has 2 amide bonds. The lowest BCUT2D eigenvalue weighted by Gasteiger charge is -2.32. The zero-order valence-electron chi connectivity index (χ0n) is 18.8. The van der Waals surface area contributed by atoms with E-state index in [9.17, 15) is 31.5 Å². The van der Waals surface area contributed by atoms with Crippen LogP contribution in [0.2, 0.25) is 0 Å². The van der Waals surface area contributed by atoms with Crippen LogP contribution in [0.15, 0.2) is 54.9 Å². The van der Waals surface area contributed by atoms with Crippen LogP contribution in [0.5, 0.6) is 5.75 Å². The lowest BCUT2D eigenvalue weighted by atomic mass is 10.0. The molecule has 0 aliphatic carbocycles. The third kappa shape index (κ3) is 6.37. The number of rotatable bonds is 6. The van der Waals surface area contributed by atoms with Crippen LogP contribution in [0.3, 0.4) is 0 Å². The molecular formula is C24H21F5N4O3. The number of anilines is 1. The molecule has 0 spiro atoms. The number of benzene rings is 2. The summed E-state index contributed by atoms with van der Waals surface area (Å²) in [5, 5.41) is 6.90. The van der Waals surface area contributed by atoms with Crippen LogP contribution in [-0.2, 0) is 11.2 Å². The summed E-state index contributed by atoms with van der Waals surface area (Å²) in [4.78, 5) is 26.5. The molecule has 7 nitrogen and oxygen atoms in total. The number of carbonyl (C=O) groups is 2. The van der Waals surface area contributed by atoms with Crippen LogP contribution in [0.1, 0.15) is 34.8 Å². The number of nitrogens with zero attached hydrogens (tertiary/aromatic N) is 3. The van der Waals surface area contributed by atoms with Gasteiger partial charge in [-0.15, -0.1) is 13.2 Å². The van der Waals surface area contributed by atoms with Crippen molar-refractivity contribution in [1.29, 1.82) is 0 Å². The van der Waals surface area contributed by atoms with Crippen molar-refractivity contribution < 1.29 is 36.3 Å². The van der Waals surface area contributed by atoms with Crippen LogP contribution in [0.4, 0.5) is 27.6 Å². The van der Waals surface area contributed by atoms with Crippen LogP contribution < -0.4 is 10.1 Å².